The number of benzene rings is 2. The highest BCUT2D eigenvalue weighted by atomic mass is 16.5. The Kier molecular flexibility index (Phi) is 2.96. The molecule has 4 nitrogen and oxygen atoms in total. The van der Waals surface area contributed by atoms with E-state index in [2.05, 4.69) is 0 Å². The summed E-state index contributed by atoms with van der Waals surface area (Å²) in [7, 11) is 0. The Hall–Kier alpha value is -2.49. The highest BCUT2D eigenvalue weighted by Gasteiger charge is 2.07. The lowest BCUT2D eigenvalue weighted by molar-refractivity contribution is 0.0735. The van der Waals surface area contributed by atoms with Crippen LogP contribution in [0.15, 0.2) is 48.5 Å². The van der Waals surface area contributed by atoms with Crippen LogP contribution in [0.1, 0.15) is 10.4 Å². The SMILES string of the molecule is Nc1ccc(OC(=O)c2ccc(N)cc2)cc1. The molecule has 0 heterocycles. The molecule has 17 heavy (non-hydrogen) atoms. The van der Waals surface area contributed by atoms with E-state index < -0.39 is 5.97 Å². The number of hydrogen-bond acceptors (Lipinski definition) is 4. The van der Waals surface area contributed by atoms with Crippen LogP contribution in [0.3, 0.4) is 0 Å². The molecule has 2 aromatic carbocycles. The first-order valence-corrected chi connectivity index (χ1v) is 5.08. The van der Waals surface area contributed by atoms with Crippen molar-refractivity contribution in [1.82, 2.24) is 0 Å². The van der Waals surface area contributed by atoms with E-state index in [1.807, 2.05) is 0 Å². The molecule has 0 atom stereocenters. The maximum absolute atomic E-state index is 11.7. The largest absolute Gasteiger partial charge is 0.423 e. The lowest BCUT2D eigenvalue weighted by Gasteiger charge is -2.04. The topological polar surface area (TPSA) is 78.3 Å². The van der Waals surface area contributed by atoms with Crippen LogP contribution in [0.4, 0.5) is 11.4 Å². The fraction of sp³-hybridized carbons (Fsp3) is 0. The Morgan fingerprint density at radius 1 is 0.824 bits per heavy atom. The van der Waals surface area contributed by atoms with Crippen LogP contribution in [-0.4, -0.2) is 5.97 Å². The van der Waals surface area contributed by atoms with Gasteiger partial charge in [-0.2, -0.15) is 0 Å². The van der Waals surface area contributed by atoms with Crippen LogP contribution in [0.5, 0.6) is 5.75 Å². The fourth-order valence-corrected chi connectivity index (χ4v) is 1.32. The molecule has 2 aromatic rings. The summed E-state index contributed by atoms with van der Waals surface area (Å²) in [6, 6.07) is 13.2. The smallest absolute Gasteiger partial charge is 0.343 e. The summed E-state index contributed by atoms with van der Waals surface area (Å²) >= 11 is 0. The van der Waals surface area contributed by atoms with Crippen molar-refractivity contribution in [2.75, 3.05) is 11.5 Å². The number of nitrogen functional groups attached to an aromatic ring is 2. The first-order chi connectivity index (χ1) is 8.15. The van der Waals surface area contributed by atoms with Gasteiger partial charge >= 0.3 is 5.97 Å². The van der Waals surface area contributed by atoms with E-state index in [0.717, 1.165) is 0 Å². The molecule has 0 radical (unpaired) electrons. The highest BCUT2D eigenvalue weighted by Crippen LogP contribution is 2.15. The predicted octanol–water partition coefficient (Wildman–Crippen LogP) is 2.07. The third kappa shape index (κ3) is 2.75. The fourth-order valence-electron chi connectivity index (χ4n) is 1.32. The average molecular weight is 228 g/mol. The molecule has 4 heteroatoms. The summed E-state index contributed by atoms with van der Waals surface area (Å²) in [4.78, 5) is 11.7. The van der Waals surface area contributed by atoms with Gasteiger partial charge in [0.1, 0.15) is 5.75 Å². The Morgan fingerprint density at radius 3 is 1.82 bits per heavy atom. The molecule has 0 fully saturated rings. The van der Waals surface area contributed by atoms with Gasteiger partial charge in [-0.05, 0) is 48.5 Å². The second-order valence-electron chi connectivity index (χ2n) is 3.58. The number of ether oxygens (including phenoxy) is 1. The van der Waals surface area contributed by atoms with Crippen molar-refractivity contribution in [3.05, 3.63) is 54.1 Å². The van der Waals surface area contributed by atoms with Crippen LogP contribution >= 0.6 is 0 Å². The monoisotopic (exact) mass is 228 g/mol. The van der Waals surface area contributed by atoms with E-state index in [4.69, 9.17) is 16.2 Å². The Balaban J connectivity index is 2.11. The van der Waals surface area contributed by atoms with Crippen molar-refractivity contribution < 1.29 is 9.53 Å². The van der Waals surface area contributed by atoms with Crippen molar-refractivity contribution in [2.45, 2.75) is 0 Å². The molecule has 0 unspecified atom stereocenters. The Labute approximate surface area is 98.8 Å². The molecular formula is C13H12N2O2. The van der Waals surface area contributed by atoms with E-state index in [-0.39, 0.29) is 0 Å². The molecule has 0 aromatic heterocycles. The third-order valence-corrected chi connectivity index (χ3v) is 2.24. The zero-order valence-electron chi connectivity index (χ0n) is 9.09. The molecule has 0 amide bonds. The van der Waals surface area contributed by atoms with Gasteiger partial charge in [-0.1, -0.05) is 0 Å². The van der Waals surface area contributed by atoms with Gasteiger partial charge in [-0.3, -0.25) is 0 Å². The van der Waals surface area contributed by atoms with Crippen molar-refractivity contribution in [3.8, 4) is 5.75 Å². The minimum absolute atomic E-state index is 0.422. The third-order valence-electron chi connectivity index (χ3n) is 2.24. The van der Waals surface area contributed by atoms with Gasteiger partial charge in [-0.15, -0.1) is 0 Å². The molecule has 4 N–H and O–H groups in total. The predicted molar refractivity (Wildman–Crippen MR) is 66.7 cm³/mol. The lowest BCUT2D eigenvalue weighted by atomic mass is 10.2. The van der Waals surface area contributed by atoms with Crippen LogP contribution in [0.2, 0.25) is 0 Å². The number of carbonyl (C=O) groups is 1. The Bertz CT molecular complexity index is 518. The van der Waals surface area contributed by atoms with Crippen molar-refractivity contribution >= 4 is 17.3 Å². The summed E-state index contributed by atoms with van der Waals surface area (Å²) in [5, 5.41) is 0. The van der Waals surface area contributed by atoms with Gasteiger partial charge in [0.15, 0.2) is 0 Å². The standard InChI is InChI=1S/C13H12N2O2/c14-10-3-1-9(2-4-10)13(16)17-12-7-5-11(15)6-8-12/h1-8H,14-15H2. The first kappa shape index (κ1) is 11.0. The van der Waals surface area contributed by atoms with Gasteiger partial charge in [0, 0.05) is 11.4 Å². The molecule has 86 valence electrons. The van der Waals surface area contributed by atoms with Gasteiger partial charge in [-0.25, -0.2) is 4.79 Å². The van der Waals surface area contributed by atoms with Crippen molar-refractivity contribution in [1.29, 1.82) is 0 Å². The summed E-state index contributed by atoms with van der Waals surface area (Å²) in [5.41, 5.74) is 12.7. The van der Waals surface area contributed by atoms with Gasteiger partial charge in [0.2, 0.25) is 0 Å². The lowest BCUT2D eigenvalue weighted by Crippen LogP contribution is -2.08. The van der Waals surface area contributed by atoms with E-state index in [0.29, 0.717) is 22.7 Å². The maximum Gasteiger partial charge on any atom is 0.343 e. The zero-order chi connectivity index (χ0) is 12.3. The zero-order valence-corrected chi connectivity index (χ0v) is 9.09. The van der Waals surface area contributed by atoms with Crippen LogP contribution < -0.4 is 16.2 Å². The molecule has 0 aliphatic rings. The normalized spacial score (nSPS) is 9.88. The highest BCUT2D eigenvalue weighted by molar-refractivity contribution is 5.91. The molecule has 2 rings (SSSR count). The number of nitrogens with two attached hydrogens (primary N) is 2. The van der Waals surface area contributed by atoms with Gasteiger partial charge in [0.05, 0.1) is 5.56 Å². The van der Waals surface area contributed by atoms with Crippen LogP contribution in [0.25, 0.3) is 0 Å². The number of esters is 1. The molecular weight excluding hydrogens is 216 g/mol. The number of anilines is 2. The molecule has 0 saturated carbocycles. The second-order valence-corrected chi connectivity index (χ2v) is 3.58. The van der Waals surface area contributed by atoms with Gasteiger partial charge in [0.25, 0.3) is 0 Å². The quantitative estimate of drug-likeness (QED) is 0.468. The van der Waals surface area contributed by atoms with E-state index >= 15 is 0 Å². The maximum atomic E-state index is 11.7. The summed E-state index contributed by atoms with van der Waals surface area (Å²) in [6.07, 6.45) is 0. The number of rotatable bonds is 2. The van der Waals surface area contributed by atoms with Crippen LogP contribution in [0, 0.1) is 0 Å². The van der Waals surface area contributed by atoms with E-state index in [1.165, 1.54) is 0 Å². The molecule has 0 saturated heterocycles. The van der Waals surface area contributed by atoms with Crippen molar-refractivity contribution in [2.24, 2.45) is 0 Å². The van der Waals surface area contributed by atoms with Crippen LogP contribution in [-0.2, 0) is 0 Å². The minimum Gasteiger partial charge on any atom is -0.423 e. The van der Waals surface area contributed by atoms with Crippen molar-refractivity contribution in [3.63, 3.8) is 0 Å². The molecule has 0 aliphatic heterocycles. The molecule has 0 bridgehead atoms. The van der Waals surface area contributed by atoms with Gasteiger partial charge < -0.3 is 16.2 Å². The Morgan fingerprint density at radius 2 is 1.29 bits per heavy atom. The summed E-state index contributed by atoms with van der Waals surface area (Å²) < 4.78 is 5.16. The van der Waals surface area contributed by atoms with E-state index in [1.54, 1.807) is 48.5 Å². The average Bonchev–Trinajstić information content (AvgIpc) is 2.33. The summed E-state index contributed by atoms with van der Waals surface area (Å²) in [6.45, 7) is 0. The van der Waals surface area contributed by atoms with E-state index in [9.17, 15) is 4.79 Å². The minimum atomic E-state index is -0.422. The summed E-state index contributed by atoms with van der Waals surface area (Å²) in [5.74, 6) is 0.0378. The first-order valence-electron chi connectivity index (χ1n) is 5.08. The second kappa shape index (κ2) is 4.57. The molecule has 0 aliphatic carbocycles. The number of carbonyl (C=O) groups excluding carboxylic acids is 1. The molecule has 0 spiro atoms. The number of hydrogen-bond donors (Lipinski definition) is 2.